The van der Waals surface area contributed by atoms with Gasteiger partial charge in [0, 0.05) is 19.8 Å². The molecule has 0 atom stereocenters. The molecular weight excluding hydrogens is 383 g/mol. The lowest BCUT2D eigenvalue weighted by Gasteiger charge is -2.13. The van der Waals surface area contributed by atoms with E-state index < -0.39 is 27.0 Å². The molecule has 0 unspecified atom stereocenters. The summed E-state index contributed by atoms with van der Waals surface area (Å²) in [4.78, 5) is 0. The van der Waals surface area contributed by atoms with Gasteiger partial charge < -0.3 is 5.32 Å². The number of aromatic nitrogens is 2. The minimum Gasteiger partial charge on any atom is -0.339 e. The van der Waals surface area contributed by atoms with Gasteiger partial charge in [0.05, 0.1) is 10.6 Å². The molecule has 136 valence electrons. The van der Waals surface area contributed by atoms with E-state index in [9.17, 15) is 21.6 Å². The van der Waals surface area contributed by atoms with Gasteiger partial charge in [-0.3, -0.25) is 4.72 Å². The van der Waals surface area contributed by atoms with E-state index in [0.717, 1.165) is 16.4 Å². The second-order valence-corrected chi connectivity index (χ2v) is 7.30. The van der Waals surface area contributed by atoms with E-state index in [0.29, 0.717) is 0 Å². The molecule has 1 aromatic heterocycles. The molecule has 0 aliphatic rings. The van der Waals surface area contributed by atoms with Gasteiger partial charge in [0.15, 0.2) is 11.6 Å². The fourth-order valence-electron chi connectivity index (χ4n) is 1.64. The lowest BCUT2D eigenvalue weighted by atomic mass is 10.2. The zero-order chi connectivity index (χ0) is 18.8. The summed E-state index contributed by atoms with van der Waals surface area (Å²) in [5.74, 6) is 0.0922. The Morgan fingerprint density at radius 1 is 1.08 bits per heavy atom. The molecule has 0 aliphatic carbocycles. The average Bonchev–Trinajstić information content (AvgIpc) is 2.49. The fraction of sp³-hybridized carbons (Fsp3) is 0.231. The van der Waals surface area contributed by atoms with Crippen LogP contribution in [-0.4, -0.2) is 37.0 Å². The van der Waals surface area contributed by atoms with Crippen LogP contribution in [0.3, 0.4) is 0 Å². The number of hydrogen-bond acceptors (Lipinski definition) is 5. The Bertz CT molecular complexity index is 857. The van der Waals surface area contributed by atoms with Crippen LogP contribution in [0.25, 0.3) is 0 Å². The molecular formula is C13H13ClF3N5O2S. The van der Waals surface area contributed by atoms with Crippen molar-refractivity contribution in [3.63, 3.8) is 0 Å². The van der Waals surface area contributed by atoms with E-state index in [2.05, 4.69) is 20.2 Å². The molecule has 0 amide bonds. The second-order valence-electron chi connectivity index (χ2n) is 5.01. The van der Waals surface area contributed by atoms with Crippen LogP contribution >= 0.6 is 11.6 Å². The van der Waals surface area contributed by atoms with Gasteiger partial charge in [0.2, 0.25) is 0 Å². The monoisotopic (exact) mass is 395 g/mol. The summed E-state index contributed by atoms with van der Waals surface area (Å²) >= 11 is 5.55. The smallest absolute Gasteiger partial charge is 0.339 e. The summed E-state index contributed by atoms with van der Waals surface area (Å²) in [6.45, 7) is 0. The molecule has 0 spiro atoms. The summed E-state index contributed by atoms with van der Waals surface area (Å²) in [6, 6.07) is 5.98. The SMILES string of the molecule is CN(C)S(=O)(=O)Nc1ccc(Nc2ccc(Cl)c(C(F)(F)F)c2)nn1. The predicted molar refractivity (Wildman–Crippen MR) is 88.0 cm³/mol. The van der Waals surface area contributed by atoms with Gasteiger partial charge in [-0.2, -0.15) is 25.9 Å². The Balaban J connectivity index is 2.17. The van der Waals surface area contributed by atoms with E-state index in [1.165, 1.54) is 32.3 Å². The first-order chi connectivity index (χ1) is 11.5. The van der Waals surface area contributed by atoms with Crippen LogP contribution in [0.1, 0.15) is 5.56 Å². The van der Waals surface area contributed by atoms with Crippen molar-refractivity contribution in [2.75, 3.05) is 24.1 Å². The number of rotatable bonds is 5. The lowest BCUT2D eigenvalue weighted by Crippen LogP contribution is -2.29. The fourth-order valence-corrected chi connectivity index (χ4v) is 2.43. The standard InChI is InChI=1S/C13H13ClF3N5O2S/c1-22(2)25(23,24)21-12-6-5-11(19-20-12)18-8-3-4-10(14)9(7-8)13(15,16)17/h3-7H,1-2H3,(H,18,19)(H,20,21). The highest BCUT2D eigenvalue weighted by Crippen LogP contribution is 2.36. The van der Waals surface area contributed by atoms with Gasteiger partial charge in [-0.15, -0.1) is 10.2 Å². The molecule has 2 rings (SSSR count). The maximum atomic E-state index is 12.8. The molecule has 12 heteroatoms. The molecule has 25 heavy (non-hydrogen) atoms. The maximum absolute atomic E-state index is 12.8. The number of benzene rings is 1. The van der Waals surface area contributed by atoms with Gasteiger partial charge in [-0.25, -0.2) is 0 Å². The Morgan fingerprint density at radius 2 is 1.68 bits per heavy atom. The predicted octanol–water partition coefficient (Wildman–Crippen LogP) is 3.11. The lowest BCUT2D eigenvalue weighted by molar-refractivity contribution is -0.137. The Morgan fingerprint density at radius 3 is 2.20 bits per heavy atom. The molecule has 2 N–H and O–H groups in total. The van der Waals surface area contributed by atoms with Crippen LogP contribution in [0.4, 0.5) is 30.5 Å². The van der Waals surface area contributed by atoms with E-state index in [4.69, 9.17) is 11.6 Å². The minimum atomic E-state index is -4.59. The van der Waals surface area contributed by atoms with Crippen molar-refractivity contribution in [2.45, 2.75) is 6.18 Å². The first-order valence-corrected chi connectivity index (χ1v) is 8.48. The molecule has 0 radical (unpaired) electrons. The largest absolute Gasteiger partial charge is 0.417 e. The van der Waals surface area contributed by atoms with Crippen LogP contribution in [0.5, 0.6) is 0 Å². The highest BCUT2D eigenvalue weighted by atomic mass is 35.5. The van der Waals surface area contributed by atoms with Crippen molar-refractivity contribution in [3.8, 4) is 0 Å². The van der Waals surface area contributed by atoms with Crippen molar-refractivity contribution in [1.82, 2.24) is 14.5 Å². The molecule has 0 bridgehead atoms. The average molecular weight is 396 g/mol. The molecule has 1 heterocycles. The Hall–Kier alpha value is -2.11. The highest BCUT2D eigenvalue weighted by Gasteiger charge is 2.33. The molecule has 7 nitrogen and oxygen atoms in total. The van der Waals surface area contributed by atoms with Gasteiger partial charge in [-0.05, 0) is 30.3 Å². The molecule has 0 aliphatic heterocycles. The third-order valence-corrected chi connectivity index (χ3v) is 4.68. The minimum absolute atomic E-state index is 0.0358. The van der Waals surface area contributed by atoms with E-state index >= 15 is 0 Å². The molecule has 1 aromatic carbocycles. The number of hydrogen-bond donors (Lipinski definition) is 2. The van der Waals surface area contributed by atoms with Crippen molar-refractivity contribution in [3.05, 3.63) is 40.9 Å². The van der Waals surface area contributed by atoms with Gasteiger partial charge >= 0.3 is 16.4 Å². The van der Waals surface area contributed by atoms with Gasteiger partial charge in [0.1, 0.15) is 0 Å². The quantitative estimate of drug-likeness (QED) is 0.812. The highest BCUT2D eigenvalue weighted by molar-refractivity contribution is 7.90. The van der Waals surface area contributed by atoms with Gasteiger partial charge in [0.25, 0.3) is 0 Å². The third kappa shape index (κ3) is 4.94. The van der Waals surface area contributed by atoms with Gasteiger partial charge in [-0.1, -0.05) is 11.6 Å². The topological polar surface area (TPSA) is 87.2 Å². The number of nitrogens with one attached hydrogen (secondary N) is 2. The van der Waals surface area contributed by atoms with Crippen LogP contribution in [0, 0.1) is 0 Å². The summed E-state index contributed by atoms with van der Waals surface area (Å²) in [5.41, 5.74) is -0.880. The number of anilines is 3. The first kappa shape index (κ1) is 19.2. The zero-order valence-corrected chi connectivity index (χ0v) is 14.5. The van der Waals surface area contributed by atoms with Crippen molar-refractivity contribution in [2.24, 2.45) is 0 Å². The number of nitrogens with zero attached hydrogens (tertiary/aromatic N) is 3. The number of alkyl halides is 3. The molecule has 2 aromatic rings. The zero-order valence-electron chi connectivity index (χ0n) is 13.0. The van der Waals surface area contributed by atoms with Crippen LogP contribution in [0.15, 0.2) is 30.3 Å². The maximum Gasteiger partial charge on any atom is 0.417 e. The van der Waals surface area contributed by atoms with E-state index in [1.807, 2.05) is 0 Å². The Kier molecular flexibility index (Phi) is 5.40. The second kappa shape index (κ2) is 7.02. The molecule has 0 saturated carbocycles. The first-order valence-electron chi connectivity index (χ1n) is 6.67. The van der Waals surface area contributed by atoms with Crippen LogP contribution < -0.4 is 10.0 Å². The van der Waals surface area contributed by atoms with Crippen molar-refractivity contribution in [1.29, 1.82) is 0 Å². The molecule has 0 fully saturated rings. The van der Waals surface area contributed by atoms with Crippen LogP contribution in [0.2, 0.25) is 5.02 Å². The van der Waals surface area contributed by atoms with Crippen molar-refractivity contribution >= 4 is 39.1 Å². The molecule has 0 saturated heterocycles. The Labute approximate surface area is 147 Å². The third-order valence-electron chi connectivity index (χ3n) is 2.92. The van der Waals surface area contributed by atoms with Crippen LogP contribution in [-0.2, 0) is 16.4 Å². The summed E-state index contributed by atoms with van der Waals surface area (Å²) < 4.78 is 64.9. The van der Waals surface area contributed by atoms with E-state index in [1.54, 1.807) is 0 Å². The summed E-state index contributed by atoms with van der Waals surface area (Å²) in [5, 5.41) is 9.58. The normalized spacial score (nSPS) is 12.3. The summed E-state index contributed by atoms with van der Waals surface area (Å²) in [6.07, 6.45) is -4.59. The number of halogens is 4. The summed E-state index contributed by atoms with van der Waals surface area (Å²) in [7, 11) is -1.05. The van der Waals surface area contributed by atoms with E-state index in [-0.39, 0.29) is 17.3 Å². The van der Waals surface area contributed by atoms with Crippen molar-refractivity contribution < 1.29 is 21.6 Å².